The van der Waals surface area contributed by atoms with Crippen molar-refractivity contribution in [1.82, 2.24) is 0 Å². The maximum Gasteiger partial charge on any atom is 0.0790 e. The van der Waals surface area contributed by atoms with Crippen LogP contribution in [0.5, 0.6) is 0 Å². The third kappa shape index (κ3) is 2.39. The zero-order valence-electron chi connectivity index (χ0n) is 9.08. The third-order valence-electron chi connectivity index (χ3n) is 3.19. The molecular weight excluding hydrogens is 186 g/mol. The molecule has 1 aromatic rings. The van der Waals surface area contributed by atoms with Gasteiger partial charge in [0.15, 0.2) is 0 Å². The van der Waals surface area contributed by atoms with Crippen molar-refractivity contribution in [3.63, 3.8) is 0 Å². The summed E-state index contributed by atoms with van der Waals surface area (Å²) in [5.74, 6) is 0. The van der Waals surface area contributed by atoms with Gasteiger partial charge in [0.05, 0.1) is 6.10 Å². The Morgan fingerprint density at radius 1 is 1.27 bits per heavy atom. The summed E-state index contributed by atoms with van der Waals surface area (Å²) in [4.78, 5) is 0. The molecule has 1 aliphatic rings. The van der Waals surface area contributed by atoms with E-state index >= 15 is 0 Å². The molecule has 3 N–H and O–H groups in total. The Morgan fingerprint density at radius 3 is 2.87 bits per heavy atom. The lowest BCUT2D eigenvalue weighted by molar-refractivity contribution is 0.165. The Balaban J connectivity index is 2.08. The largest absolute Gasteiger partial charge is 0.388 e. The normalized spacial score (nSPS) is 16.4. The molecule has 1 aromatic carbocycles. The van der Waals surface area contributed by atoms with Gasteiger partial charge in [-0.05, 0) is 55.3 Å². The molecule has 0 bridgehead atoms. The van der Waals surface area contributed by atoms with E-state index in [4.69, 9.17) is 5.73 Å². The van der Waals surface area contributed by atoms with Crippen LogP contribution in [0.15, 0.2) is 18.2 Å². The van der Waals surface area contributed by atoms with Gasteiger partial charge in [0, 0.05) is 0 Å². The Labute approximate surface area is 91.1 Å². The molecule has 0 amide bonds. The number of hydrogen-bond acceptors (Lipinski definition) is 2. The molecule has 0 saturated carbocycles. The van der Waals surface area contributed by atoms with Crippen LogP contribution < -0.4 is 5.73 Å². The van der Waals surface area contributed by atoms with Crippen LogP contribution in [0.1, 0.15) is 42.1 Å². The number of aliphatic hydroxyl groups is 1. The summed E-state index contributed by atoms with van der Waals surface area (Å²) < 4.78 is 0. The second kappa shape index (κ2) is 4.77. The minimum absolute atomic E-state index is 0.334. The number of aryl methyl sites for hydroxylation is 2. The predicted molar refractivity (Wildman–Crippen MR) is 61.7 cm³/mol. The predicted octanol–water partition coefficient (Wildman–Crippen LogP) is 1.95. The van der Waals surface area contributed by atoms with Gasteiger partial charge in [-0.2, -0.15) is 0 Å². The number of nitrogens with two attached hydrogens (primary N) is 1. The minimum atomic E-state index is -0.334. The lowest BCUT2D eigenvalue weighted by atomic mass is 10.00. The lowest BCUT2D eigenvalue weighted by Crippen LogP contribution is -2.04. The van der Waals surface area contributed by atoms with Crippen molar-refractivity contribution in [2.75, 3.05) is 6.54 Å². The first-order valence-electron chi connectivity index (χ1n) is 5.81. The van der Waals surface area contributed by atoms with E-state index in [1.807, 2.05) is 0 Å². The maximum atomic E-state index is 9.93. The third-order valence-corrected chi connectivity index (χ3v) is 3.19. The highest BCUT2D eigenvalue weighted by Gasteiger charge is 2.13. The summed E-state index contributed by atoms with van der Waals surface area (Å²) in [6.07, 6.45) is 4.96. The summed E-state index contributed by atoms with van der Waals surface area (Å²) >= 11 is 0. The summed E-state index contributed by atoms with van der Waals surface area (Å²) in [6.45, 7) is 0.655. The molecule has 1 aliphatic carbocycles. The molecule has 82 valence electrons. The van der Waals surface area contributed by atoms with Crippen LogP contribution in [0.25, 0.3) is 0 Å². The molecule has 0 radical (unpaired) electrons. The average Bonchev–Trinajstić information content (AvgIpc) is 2.72. The fourth-order valence-electron chi connectivity index (χ4n) is 2.28. The molecule has 1 unspecified atom stereocenters. The van der Waals surface area contributed by atoms with Crippen molar-refractivity contribution in [2.24, 2.45) is 5.73 Å². The number of aliphatic hydroxyl groups excluding tert-OH is 1. The maximum absolute atomic E-state index is 9.93. The van der Waals surface area contributed by atoms with Crippen LogP contribution in [-0.4, -0.2) is 11.7 Å². The second-order valence-electron chi connectivity index (χ2n) is 4.33. The Kier molecular flexibility index (Phi) is 3.39. The van der Waals surface area contributed by atoms with Gasteiger partial charge >= 0.3 is 0 Å². The summed E-state index contributed by atoms with van der Waals surface area (Å²) in [7, 11) is 0. The zero-order valence-corrected chi connectivity index (χ0v) is 9.08. The minimum Gasteiger partial charge on any atom is -0.388 e. The summed E-state index contributed by atoms with van der Waals surface area (Å²) in [6, 6.07) is 6.40. The first-order valence-corrected chi connectivity index (χ1v) is 5.81. The molecule has 1 atom stereocenters. The van der Waals surface area contributed by atoms with Gasteiger partial charge < -0.3 is 10.8 Å². The first-order chi connectivity index (χ1) is 7.31. The van der Waals surface area contributed by atoms with Gasteiger partial charge in [-0.3, -0.25) is 0 Å². The van der Waals surface area contributed by atoms with E-state index in [9.17, 15) is 5.11 Å². The van der Waals surface area contributed by atoms with E-state index in [-0.39, 0.29) is 6.10 Å². The zero-order chi connectivity index (χ0) is 10.7. The number of hydrogen-bond donors (Lipinski definition) is 2. The molecule has 0 fully saturated rings. The molecule has 2 nitrogen and oxygen atoms in total. The van der Waals surface area contributed by atoms with E-state index < -0.39 is 0 Å². The topological polar surface area (TPSA) is 46.2 Å². The van der Waals surface area contributed by atoms with Crippen molar-refractivity contribution < 1.29 is 5.11 Å². The van der Waals surface area contributed by atoms with Gasteiger partial charge in [-0.15, -0.1) is 0 Å². The van der Waals surface area contributed by atoms with Crippen LogP contribution in [0.4, 0.5) is 0 Å². The van der Waals surface area contributed by atoms with Crippen molar-refractivity contribution >= 4 is 0 Å². The lowest BCUT2D eigenvalue weighted by Gasteiger charge is -2.11. The summed E-state index contributed by atoms with van der Waals surface area (Å²) in [5.41, 5.74) is 9.39. The fourth-order valence-corrected chi connectivity index (χ4v) is 2.28. The number of fused-ring (bicyclic) bond motifs is 1. The molecule has 0 aliphatic heterocycles. The molecule has 0 heterocycles. The Hall–Kier alpha value is -0.860. The Bertz CT molecular complexity index is 335. The smallest absolute Gasteiger partial charge is 0.0790 e. The van der Waals surface area contributed by atoms with E-state index in [2.05, 4.69) is 18.2 Å². The SMILES string of the molecule is NCCCC(O)c1ccc2c(c1)CCC2. The summed E-state index contributed by atoms with van der Waals surface area (Å²) in [5, 5.41) is 9.93. The van der Waals surface area contributed by atoms with Crippen LogP contribution in [0, 0.1) is 0 Å². The molecular formula is C13H19NO. The van der Waals surface area contributed by atoms with Crippen LogP contribution in [0.2, 0.25) is 0 Å². The fraction of sp³-hybridized carbons (Fsp3) is 0.538. The van der Waals surface area contributed by atoms with Gasteiger partial charge in [-0.1, -0.05) is 18.2 Å². The molecule has 2 rings (SSSR count). The van der Waals surface area contributed by atoms with E-state index in [0.717, 1.165) is 18.4 Å². The van der Waals surface area contributed by atoms with Crippen molar-refractivity contribution in [3.05, 3.63) is 34.9 Å². The van der Waals surface area contributed by atoms with E-state index in [1.165, 1.54) is 30.4 Å². The van der Waals surface area contributed by atoms with Crippen LogP contribution in [0.3, 0.4) is 0 Å². The van der Waals surface area contributed by atoms with Crippen LogP contribution in [-0.2, 0) is 12.8 Å². The van der Waals surface area contributed by atoms with Crippen molar-refractivity contribution in [1.29, 1.82) is 0 Å². The van der Waals surface area contributed by atoms with Crippen molar-refractivity contribution in [2.45, 2.75) is 38.2 Å². The second-order valence-corrected chi connectivity index (χ2v) is 4.33. The van der Waals surface area contributed by atoms with E-state index in [0.29, 0.717) is 6.54 Å². The van der Waals surface area contributed by atoms with Gasteiger partial charge in [-0.25, -0.2) is 0 Å². The van der Waals surface area contributed by atoms with Gasteiger partial charge in [0.2, 0.25) is 0 Å². The molecule has 15 heavy (non-hydrogen) atoms. The number of rotatable bonds is 4. The standard InChI is InChI=1S/C13H19NO/c14-8-2-5-13(15)12-7-6-10-3-1-4-11(10)9-12/h6-7,9,13,15H,1-5,8,14H2. The molecule has 0 saturated heterocycles. The quantitative estimate of drug-likeness (QED) is 0.789. The molecule has 0 aromatic heterocycles. The first kappa shape index (κ1) is 10.7. The number of benzene rings is 1. The Morgan fingerprint density at radius 2 is 2.07 bits per heavy atom. The van der Waals surface area contributed by atoms with Crippen LogP contribution >= 0.6 is 0 Å². The van der Waals surface area contributed by atoms with Gasteiger partial charge in [0.1, 0.15) is 0 Å². The monoisotopic (exact) mass is 205 g/mol. The highest BCUT2D eigenvalue weighted by atomic mass is 16.3. The molecule has 0 spiro atoms. The average molecular weight is 205 g/mol. The van der Waals surface area contributed by atoms with E-state index in [1.54, 1.807) is 0 Å². The highest BCUT2D eigenvalue weighted by Crippen LogP contribution is 2.26. The molecule has 2 heteroatoms. The highest BCUT2D eigenvalue weighted by molar-refractivity contribution is 5.36. The van der Waals surface area contributed by atoms with Crippen molar-refractivity contribution in [3.8, 4) is 0 Å². The van der Waals surface area contributed by atoms with Gasteiger partial charge in [0.25, 0.3) is 0 Å².